The quantitative estimate of drug-likeness (QED) is 0.726. The highest BCUT2D eigenvalue weighted by atomic mass is 19.1. The van der Waals surface area contributed by atoms with Crippen LogP contribution in [-0.4, -0.2) is 17.7 Å². The monoisotopic (exact) mass is 354 g/mol. The number of hydrogen-bond donors (Lipinski definition) is 1. The Bertz CT molecular complexity index is 989. The first-order chi connectivity index (χ1) is 12.5. The molecule has 0 bridgehead atoms. The third-order valence-electron chi connectivity index (χ3n) is 5.11. The van der Waals surface area contributed by atoms with Gasteiger partial charge in [-0.3, -0.25) is 4.79 Å². The maximum absolute atomic E-state index is 14.2. The van der Waals surface area contributed by atoms with E-state index in [2.05, 4.69) is 0 Å². The Morgan fingerprint density at radius 3 is 3.00 bits per heavy atom. The summed E-state index contributed by atoms with van der Waals surface area (Å²) in [6, 6.07) is 8.72. The summed E-state index contributed by atoms with van der Waals surface area (Å²) in [5.41, 5.74) is 4.26. The van der Waals surface area contributed by atoms with Gasteiger partial charge in [0.25, 0.3) is 0 Å². The number of rotatable bonds is 5. The smallest absolute Gasteiger partial charge is 0.307 e. The van der Waals surface area contributed by atoms with Gasteiger partial charge < -0.3 is 14.3 Å². The topological polar surface area (TPSA) is 59.7 Å². The van der Waals surface area contributed by atoms with Gasteiger partial charge in [0.2, 0.25) is 0 Å². The van der Waals surface area contributed by atoms with Crippen molar-refractivity contribution < 1.29 is 23.4 Å². The fraction of sp³-hybridized carbons (Fsp3) is 0.286. The minimum Gasteiger partial charge on any atom is -0.493 e. The normalized spacial score (nSPS) is 16.0. The molecule has 1 aromatic heterocycles. The van der Waals surface area contributed by atoms with Crippen LogP contribution in [0.15, 0.2) is 41.0 Å². The van der Waals surface area contributed by atoms with Crippen molar-refractivity contribution in [2.75, 3.05) is 6.61 Å². The SMILES string of the molecule is Cc1ccc(F)c2c1CC[C@H]2COc1ccc2c(CC(=O)O)coc2c1. The molecule has 0 unspecified atom stereocenters. The summed E-state index contributed by atoms with van der Waals surface area (Å²) in [4.78, 5) is 10.9. The minimum atomic E-state index is -0.898. The van der Waals surface area contributed by atoms with Gasteiger partial charge >= 0.3 is 5.97 Å². The Kier molecular flexibility index (Phi) is 4.15. The number of aryl methyl sites for hydroxylation is 1. The molecule has 0 fully saturated rings. The van der Waals surface area contributed by atoms with Crippen LogP contribution < -0.4 is 4.74 Å². The Morgan fingerprint density at radius 2 is 2.19 bits per heavy atom. The van der Waals surface area contributed by atoms with Crippen LogP contribution in [0.1, 0.15) is 34.6 Å². The van der Waals surface area contributed by atoms with E-state index in [0.717, 1.165) is 34.9 Å². The Morgan fingerprint density at radius 1 is 1.35 bits per heavy atom. The lowest BCUT2D eigenvalue weighted by molar-refractivity contribution is -0.136. The second-order valence-corrected chi connectivity index (χ2v) is 6.79. The Hall–Kier alpha value is -2.82. The van der Waals surface area contributed by atoms with Gasteiger partial charge in [-0.2, -0.15) is 0 Å². The number of halogens is 1. The zero-order valence-electron chi connectivity index (χ0n) is 14.4. The highest BCUT2D eigenvalue weighted by Gasteiger charge is 2.27. The van der Waals surface area contributed by atoms with E-state index in [1.807, 2.05) is 13.0 Å². The van der Waals surface area contributed by atoms with Crippen molar-refractivity contribution in [2.24, 2.45) is 0 Å². The molecule has 1 aliphatic rings. The summed E-state index contributed by atoms with van der Waals surface area (Å²) in [6.45, 7) is 2.42. The number of carbonyl (C=O) groups is 1. The van der Waals surface area contributed by atoms with Gasteiger partial charge in [-0.15, -0.1) is 0 Å². The fourth-order valence-electron chi connectivity index (χ4n) is 3.80. The number of carboxylic acid groups (broad SMARTS) is 1. The number of furan rings is 1. The highest BCUT2D eigenvalue weighted by molar-refractivity contribution is 5.86. The zero-order valence-corrected chi connectivity index (χ0v) is 14.4. The first kappa shape index (κ1) is 16.6. The van der Waals surface area contributed by atoms with Crippen LogP contribution in [0, 0.1) is 12.7 Å². The zero-order chi connectivity index (χ0) is 18.3. The minimum absolute atomic E-state index is 0.0415. The summed E-state index contributed by atoms with van der Waals surface area (Å²) in [5, 5.41) is 9.70. The van der Waals surface area contributed by atoms with Gasteiger partial charge in [0.15, 0.2) is 0 Å². The van der Waals surface area contributed by atoms with Crippen molar-refractivity contribution in [3.8, 4) is 5.75 Å². The van der Waals surface area contributed by atoms with Gasteiger partial charge in [0.05, 0.1) is 19.3 Å². The predicted octanol–water partition coefficient (Wildman–Crippen LogP) is 4.62. The number of fused-ring (bicyclic) bond motifs is 2. The molecular formula is C21H19FO4. The Labute approximate surface area is 150 Å². The molecule has 0 spiro atoms. The van der Waals surface area contributed by atoms with Crippen LogP contribution in [0.3, 0.4) is 0 Å². The number of benzene rings is 2. The molecule has 26 heavy (non-hydrogen) atoms. The van der Waals surface area contributed by atoms with Crippen molar-refractivity contribution in [1.82, 2.24) is 0 Å². The number of carboxylic acids is 1. The summed E-state index contributed by atoms with van der Waals surface area (Å²) < 4.78 is 25.6. The average Bonchev–Trinajstić information content (AvgIpc) is 3.21. The van der Waals surface area contributed by atoms with Crippen LogP contribution in [0.2, 0.25) is 0 Å². The van der Waals surface area contributed by atoms with E-state index >= 15 is 0 Å². The van der Waals surface area contributed by atoms with Crippen molar-refractivity contribution in [1.29, 1.82) is 0 Å². The molecule has 4 rings (SSSR count). The maximum Gasteiger partial charge on any atom is 0.307 e. The molecule has 0 saturated carbocycles. The molecule has 0 aliphatic heterocycles. The summed E-state index contributed by atoms with van der Waals surface area (Å²) in [6.07, 6.45) is 3.14. The molecule has 0 saturated heterocycles. The molecule has 5 heteroatoms. The summed E-state index contributed by atoms with van der Waals surface area (Å²) in [7, 11) is 0. The van der Waals surface area contributed by atoms with Crippen LogP contribution in [0.5, 0.6) is 5.75 Å². The third-order valence-corrected chi connectivity index (χ3v) is 5.11. The van der Waals surface area contributed by atoms with E-state index in [1.54, 1.807) is 18.2 Å². The molecule has 2 aromatic carbocycles. The highest BCUT2D eigenvalue weighted by Crippen LogP contribution is 2.37. The number of hydrogen-bond acceptors (Lipinski definition) is 3. The lowest BCUT2D eigenvalue weighted by atomic mass is 9.99. The fourth-order valence-corrected chi connectivity index (χ4v) is 3.80. The van der Waals surface area contributed by atoms with Crippen LogP contribution in [0.4, 0.5) is 4.39 Å². The van der Waals surface area contributed by atoms with Crippen LogP contribution >= 0.6 is 0 Å². The molecule has 1 N–H and O–H groups in total. The van der Waals surface area contributed by atoms with E-state index in [4.69, 9.17) is 14.3 Å². The van der Waals surface area contributed by atoms with E-state index < -0.39 is 5.97 Å². The second-order valence-electron chi connectivity index (χ2n) is 6.79. The molecular weight excluding hydrogens is 335 g/mol. The Balaban J connectivity index is 1.51. The lowest BCUT2D eigenvalue weighted by Gasteiger charge is -2.14. The standard InChI is InChI=1S/C21H19FO4/c1-12-2-7-18(22)21-13(3-5-16(12)21)10-25-15-4-6-17-14(8-20(23)24)11-26-19(17)9-15/h2,4,6-7,9,11,13H,3,5,8,10H2,1H3,(H,23,24)/t13-/m0/s1. The van der Waals surface area contributed by atoms with Crippen molar-refractivity contribution >= 4 is 16.9 Å². The molecule has 3 aromatic rings. The molecule has 4 nitrogen and oxygen atoms in total. The van der Waals surface area contributed by atoms with Crippen LogP contribution in [0.25, 0.3) is 11.0 Å². The van der Waals surface area contributed by atoms with E-state index in [0.29, 0.717) is 23.5 Å². The largest absolute Gasteiger partial charge is 0.493 e. The van der Waals surface area contributed by atoms with Gasteiger partial charge in [-0.1, -0.05) is 6.07 Å². The van der Waals surface area contributed by atoms with E-state index in [1.165, 1.54) is 12.3 Å². The van der Waals surface area contributed by atoms with Crippen molar-refractivity contribution in [2.45, 2.75) is 32.1 Å². The molecule has 134 valence electrons. The van der Waals surface area contributed by atoms with Gasteiger partial charge in [0.1, 0.15) is 17.1 Å². The van der Waals surface area contributed by atoms with E-state index in [9.17, 15) is 9.18 Å². The summed E-state index contributed by atoms with van der Waals surface area (Å²) in [5.74, 6) is -0.378. The van der Waals surface area contributed by atoms with Gasteiger partial charge in [0, 0.05) is 22.9 Å². The molecule has 0 radical (unpaired) electrons. The maximum atomic E-state index is 14.2. The third kappa shape index (κ3) is 2.94. The first-order valence-electron chi connectivity index (χ1n) is 8.65. The van der Waals surface area contributed by atoms with Crippen molar-refractivity contribution in [3.63, 3.8) is 0 Å². The molecule has 1 aliphatic carbocycles. The summed E-state index contributed by atoms with van der Waals surface area (Å²) >= 11 is 0. The first-order valence-corrected chi connectivity index (χ1v) is 8.65. The predicted molar refractivity (Wildman–Crippen MR) is 95.2 cm³/mol. The second kappa shape index (κ2) is 6.48. The number of aliphatic carboxylic acids is 1. The molecule has 1 atom stereocenters. The molecule has 1 heterocycles. The number of ether oxygens (including phenoxy) is 1. The van der Waals surface area contributed by atoms with Gasteiger partial charge in [-0.05, 0) is 54.7 Å². The molecule has 0 amide bonds. The average molecular weight is 354 g/mol. The van der Waals surface area contributed by atoms with Crippen molar-refractivity contribution in [3.05, 3.63) is 64.7 Å². The van der Waals surface area contributed by atoms with E-state index in [-0.39, 0.29) is 18.2 Å². The lowest BCUT2D eigenvalue weighted by Crippen LogP contribution is -2.09. The van der Waals surface area contributed by atoms with Gasteiger partial charge in [-0.25, -0.2) is 4.39 Å². The van der Waals surface area contributed by atoms with Crippen LogP contribution in [-0.2, 0) is 17.6 Å².